The van der Waals surface area contributed by atoms with Crippen molar-refractivity contribution in [2.24, 2.45) is 0 Å². The van der Waals surface area contributed by atoms with Crippen LogP contribution in [0.15, 0.2) is 22.5 Å². The number of rotatable bonds is 2. The maximum Gasteiger partial charge on any atom is 0.191 e. The van der Waals surface area contributed by atoms with Crippen LogP contribution in [0.1, 0.15) is 12.8 Å². The largest absolute Gasteiger partial charge is 0.396 e. The Morgan fingerprint density at radius 2 is 1.86 bits per heavy atom. The third-order valence-corrected chi connectivity index (χ3v) is 2.47. The lowest BCUT2D eigenvalue weighted by Gasteiger charge is -2.26. The molecule has 1 rings (SSSR count). The van der Waals surface area contributed by atoms with Gasteiger partial charge in [-0.05, 0) is 0 Å². The Kier molecular flexibility index (Phi) is 3.21. The number of aliphatic hydroxyl groups is 1. The molecule has 0 spiro atoms. The first-order chi connectivity index (χ1) is 6.42. The van der Waals surface area contributed by atoms with Crippen LogP contribution in [0.2, 0.25) is 0 Å². The van der Waals surface area contributed by atoms with Crippen molar-refractivity contribution >= 4 is 11.6 Å². The van der Waals surface area contributed by atoms with Crippen molar-refractivity contribution in [2.75, 3.05) is 6.61 Å². The Morgan fingerprint density at radius 3 is 2.36 bits per heavy atom. The Labute approximate surface area is 82.7 Å². The fraction of sp³-hybridized carbons (Fsp3) is 0.500. The molecule has 0 heterocycles. The molecule has 1 aliphatic carbocycles. The Balaban J connectivity index is 3.10. The summed E-state index contributed by atoms with van der Waals surface area (Å²) in [5.74, 6) is -5.02. The molecule has 1 nitrogen and oxygen atoms in total. The van der Waals surface area contributed by atoms with Gasteiger partial charge in [-0.3, -0.25) is 0 Å². The highest BCUT2D eigenvalue weighted by Crippen LogP contribution is 2.45. The maximum atomic E-state index is 13.6. The van der Waals surface area contributed by atoms with Crippen molar-refractivity contribution in [1.29, 1.82) is 0 Å². The normalized spacial score (nSPS) is 28.7. The molecule has 0 fully saturated rings. The molecular weight excluding hydrogens is 224 g/mol. The van der Waals surface area contributed by atoms with Crippen LogP contribution in [-0.2, 0) is 0 Å². The van der Waals surface area contributed by atoms with E-state index in [2.05, 4.69) is 0 Å². The van der Waals surface area contributed by atoms with Gasteiger partial charge in [0.25, 0.3) is 0 Å². The zero-order valence-corrected chi connectivity index (χ0v) is 7.71. The van der Waals surface area contributed by atoms with E-state index in [-0.39, 0.29) is 0 Å². The molecule has 1 atom stereocenters. The van der Waals surface area contributed by atoms with Crippen LogP contribution in [0, 0.1) is 0 Å². The number of aliphatic hydroxyl groups excluding tert-OH is 1. The van der Waals surface area contributed by atoms with E-state index in [1.54, 1.807) is 0 Å². The SMILES string of the molecule is OCCC1(F)CC(F)=C(F)C(F)=C1Cl. The predicted molar refractivity (Wildman–Crippen MR) is 43.4 cm³/mol. The third-order valence-electron chi connectivity index (χ3n) is 1.96. The molecule has 0 amide bonds. The summed E-state index contributed by atoms with van der Waals surface area (Å²) in [7, 11) is 0. The van der Waals surface area contributed by atoms with Gasteiger partial charge in [-0.15, -0.1) is 0 Å². The minimum Gasteiger partial charge on any atom is -0.396 e. The van der Waals surface area contributed by atoms with Gasteiger partial charge in [0.15, 0.2) is 17.3 Å². The summed E-state index contributed by atoms with van der Waals surface area (Å²) in [6.45, 7) is -0.630. The highest BCUT2D eigenvalue weighted by atomic mass is 35.5. The molecule has 14 heavy (non-hydrogen) atoms. The molecule has 0 aromatic heterocycles. The van der Waals surface area contributed by atoms with E-state index in [1.807, 2.05) is 0 Å². The van der Waals surface area contributed by atoms with Crippen LogP contribution in [-0.4, -0.2) is 17.4 Å². The van der Waals surface area contributed by atoms with Gasteiger partial charge in [0.05, 0.1) is 5.03 Å². The number of halogens is 5. The monoisotopic (exact) mass is 230 g/mol. The number of allylic oxidation sites excluding steroid dienone is 4. The van der Waals surface area contributed by atoms with Crippen molar-refractivity contribution in [3.63, 3.8) is 0 Å². The van der Waals surface area contributed by atoms with Gasteiger partial charge in [0.2, 0.25) is 0 Å². The Hall–Kier alpha value is -0.550. The van der Waals surface area contributed by atoms with Gasteiger partial charge in [0.1, 0.15) is 5.83 Å². The van der Waals surface area contributed by atoms with E-state index in [4.69, 9.17) is 16.7 Å². The van der Waals surface area contributed by atoms with Crippen LogP contribution >= 0.6 is 11.6 Å². The molecule has 6 heteroatoms. The van der Waals surface area contributed by atoms with E-state index < -0.39 is 47.6 Å². The van der Waals surface area contributed by atoms with E-state index >= 15 is 0 Å². The lowest BCUT2D eigenvalue weighted by Crippen LogP contribution is -2.28. The molecule has 0 bridgehead atoms. The first-order valence-electron chi connectivity index (χ1n) is 3.82. The second kappa shape index (κ2) is 3.90. The Morgan fingerprint density at radius 1 is 1.29 bits per heavy atom. The summed E-state index contributed by atoms with van der Waals surface area (Å²) in [4.78, 5) is 0. The fourth-order valence-corrected chi connectivity index (χ4v) is 1.43. The molecule has 1 N–H and O–H groups in total. The average molecular weight is 231 g/mol. The molecule has 1 aliphatic rings. The molecule has 0 radical (unpaired) electrons. The zero-order chi connectivity index (χ0) is 10.9. The van der Waals surface area contributed by atoms with Gasteiger partial charge in [-0.1, -0.05) is 11.6 Å². The van der Waals surface area contributed by atoms with Gasteiger partial charge >= 0.3 is 0 Å². The van der Waals surface area contributed by atoms with E-state index in [9.17, 15) is 17.6 Å². The van der Waals surface area contributed by atoms with Crippen molar-refractivity contribution in [2.45, 2.75) is 18.5 Å². The fourth-order valence-electron chi connectivity index (χ4n) is 1.19. The number of alkyl halides is 1. The number of hydrogen-bond acceptors (Lipinski definition) is 1. The zero-order valence-electron chi connectivity index (χ0n) is 6.96. The molecule has 0 aromatic rings. The molecule has 0 saturated heterocycles. The van der Waals surface area contributed by atoms with Crippen molar-refractivity contribution in [3.05, 3.63) is 22.5 Å². The summed E-state index contributed by atoms with van der Waals surface area (Å²) >= 11 is 5.19. The molecular formula is C8H7ClF4O. The van der Waals surface area contributed by atoms with Crippen LogP contribution < -0.4 is 0 Å². The second-order valence-corrected chi connectivity index (χ2v) is 3.34. The number of hydrogen-bond donors (Lipinski definition) is 1. The van der Waals surface area contributed by atoms with Crippen LogP contribution in [0.3, 0.4) is 0 Å². The maximum absolute atomic E-state index is 13.6. The third kappa shape index (κ3) is 1.79. The van der Waals surface area contributed by atoms with Gasteiger partial charge in [0, 0.05) is 19.4 Å². The van der Waals surface area contributed by atoms with Crippen molar-refractivity contribution in [1.82, 2.24) is 0 Å². The predicted octanol–water partition coefficient (Wildman–Crippen LogP) is 3.05. The second-order valence-electron chi connectivity index (χ2n) is 2.96. The van der Waals surface area contributed by atoms with Gasteiger partial charge in [-0.2, -0.15) is 0 Å². The topological polar surface area (TPSA) is 20.2 Å². The Bertz CT molecular complexity index is 312. The quantitative estimate of drug-likeness (QED) is 0.723. The minimum absolute atomic E-state index is 0.569. The lowest BCUT2D eigenvalue weighted by atomic mass is 9.92. The smallest absolute Gasteiger partial charge is 0.191 e. The first kappa shape index (κ1) is 11.5. The highest BCUT2D eigenvalue weighted by Gasteiger charge is 2.42. The van der Waals surface area contributed by atoms with E-state index in [0.29, 0.717) is 0 Å². The van der Waals surface area contributed by atoms with E-state index in [0.717, 1.165) is 0 Å². The molecule has 80 valence electrons. The van der Waals surface area contributed by atoms with Gasteiger partial charge < -0.3 is 5.11 Å². The molecule has 0 saturated carbocycles. The summed E-state index contributed by atoms with van der Waals surface area (Å²) in [5.41, 5.74) is -2.54. The first-order valence-corrected chi connectivity index (χ1v) is 4.20. The molecule has 1 unspecified atom stereocenters. The summed E-state index contributed by atoms with van der Waals surface area (Å²) in [6, 6.07) is 0. The summed E-state index contributed by atoms with van der Waals surface area (Å²) in [6.07, 6.45) is -1.55. The standard InChI is InChI=1S/C8H7ClF4O/c9-7-6(12)5(11)4(10)3-8(7,13)1-2-14/h14H,1-3H2. The van der Waals surface area contributed by atoms with Crippen LogP contribution in [0.25, 0.3) is 0 Å². The van der Waals surface area contributed by atoms with E-state index in [1.165, 1.54) is 0 Å². The summed E-state index contributed by atoms with van der Waals surface area (Å²) < 4.78 is 51.6. The van der Waals surface area contributed by atoms with Crippen molar-refractivity contribution < 1.29 is 22.7 Å². The van der Waals surface area contributed by atoms with Crippen molar-refractivity contribution in [3.8, 4) is 0 Å². The summed E-state index contributed by atoms with van der Waals surface area (Å²) in [5, 5.41) is 7.44. The minimum atomic E-state index is -2.54. The molecule has 0 aromatic carbocycles. The molecule has 0 aliphatic heterocycles. The average Bonchev–Trinajstić information content (AvgIpc) is 2.12. The highest BCUT2D eigenvalue weighted by molar-refractivity contribution is 6.31. The lowest BCUT2D eigenvalue weighted by molar-refractivity contribution is 0.141. The van der Waals surface area contributed by atoms with Crippen LogP contribution in [0.4, 0.5) is 17.6 Å². The van der Waals surface area contributed by atoms with Gasteiger partial charge in [-0.25, -0.2) is 17.6 Å². The van der Waals surface area contributed by atoms with Crippen LogP contribution in [0.5, 0.6) is 0 Å².